The molecule has 0 aliphatic carbocycles. The Labute approximate surface area is 161 Å². The summed E-state index contributed by atoms with van der Waals surface area (Å²) < 4.78 is 14.7. The number of hydrogen-bond donors (Lipinski definition) is 3. The molecule has 144 valence electrons. The molecular weight excluding hydrogens is 359 g/mol. The summed E-state index contributed by atoms with van der Waals surface area (Å²) in [5.41, 5.74) is 1.46. The van der Waals surface area contributed by atoms with Crippen LogP contribution in [0.3, 0.4) is 0 Å². The van der Waals surface area contributed by atoms with Crippen LogP contribution < -0.4 is 0 Å². The van der Waals surface area contributed by atoms with Gasteiger partial charge in [0.1, 0.15) is 11.3 Å². The minimum Gasteiger partial charge on any atom is -0.505 e. The summed E-state index contributed by atoms with van der Waals surface area (Å²) in [4.78, 5) is 4.41. The summed E-state index contributed by atoms with van der Waals surface area (Å²) in [6.45, 7) is 3.32. The van der Waals surface area contributed by atoms with Crippen LogP contribution in [0.4, 0.5) is 4.39 Å². The maximum Gasteiger partial charge on any atom is 0.202 e. The lowest BCUT2D eigenvalue weighted by Gasteiger charge is -2.22. The van der Waals surface area contributed by atoms with E-state index in [0.717, 1.165) is 11.1 Å². The Bertz CT molecular complexity index is 1210. The maximum atomic E-state index is 13.2. The molecule has 0 fully saturated rings. The van der Waals surface area contributed by atoms with Crippen molar-refractivity contribution in [2.75, 3.05) is 0 Å². The normalized spacial score (nSPS) is 12.2. The topological polar surface area (TPSA) is 78.5 Å². The highest BCUT2D eigenvalue weighted by atomic mass is 19.1. The number of aryl methyl sites for hydroxylation is 1. The van der Waals surface area contributed by atoms with Crippen molar-refractivity contribution in [3.8, 4) is 11.6 Å². The minimum absolute atomic E-state index is 0.0860. The quantitative estimate of drug-likeness (QED) is 0.500. The Balaban J connectivity index is 1.99. The van der Waals surface area contributed by atoms with Crippen LogP contribution in [-0.2, 0) is 19.1 Å². The van der Waals surface area contributed by atoms with Crippen molar-refractivity contribution in [3.63, 3.8) is 0 Å². The van der Waals surface area contributed by atoms with E-state index in [1.54, 1.807) is 45.4 Å². The SMILES string of the molecule is Cn1cc2c(C(C)(C)O)c3cc(Cc4ccc(F)cc4)cnc3c(O)c2c1O. The molecule has 6 heteroatoms. The first kappa shape index (κ1) is 18.3. The molecule has 0 aliphatic rings. The highest BCUT2D eigenvalue weighted by molar-refractivity contribution is 6.09. The summed E-state index contributed by atoms with van der Waals surface area (Å²) in [6, 6.07) is 8.13. The molecule has 28 heavy (non-hydrogen) atoms. The van der Waals surface area contributed by atoms with Gasteiger partial charge in [-0.05, 0) is 49.6 Å². The second-order valence-corrected chi connectivity index (χ2v) is 7.68. The molecule has 4 rings (SSSR count). The Morgan fingerprint density at radius 1 is 1.07 bits per heavy atom. The summed E-state index contributed by atoms with van der Waals surface area (Å²) in [7, 11) is 1.67. The Morgan fingerprint density at radius 3 is 2.39 bits per heavy atom. The van der Waals surface area contributed by atoms with Gasteiger partial charge >= 0.3 is 0 Å². The molecule has 0 atom stereocenters. The summed E-state index contributed by atoms with van der Waals surface area (Å²) in [6.07, 6.45) is 3.86. The van der Waals surface area contributed by atoms with E-state index in [2.05, 4.69) is 4.98 Å². The third kappa shape index (κ3) is 2.86. The van der Waals surface area contributed by atoms with Crippen molar-refractivity contribution in [3.05, 3.63) is 65.2 Å². The molecule has 2 aromatic heterocycles. The highest BCUT2D eigenvalue weighted by Gasteiger charge is 2.28. The van der Waals surface area contributed by atoms with Gasteiger partial charge in [0.2, 0.25) is 5.88 Å². The van der Waals surface area contributed by atoms with Gasteiger partial charge in [0.25, 0.3) is 0 Å². The second kappa shape index (κ2) is 6.21. The number of phenols is 1. The largest absolute Gasteiger partial charge is 0.505 e. The summed E-state index contributed by atoms with van der Waals surface area (Å²) >= 11 is 0. The lowest BCUT2D eigenvalue weighted by molar-refractivity contribution is 0.0817. The van der Waals surface area contributed by atoms with Crippen molar-refractivity contribution in [2.24, 2.45) is 7.05 Å². The molecule has 0 bridgehead atoms. The molecule has 2 aromatic carbocycles. The molecular formula is C22H21FN2O3. The van der Waals surface area contributed by atoms with E-state index < -0.39 is 5.60 Å². The van der Waals surface area contributed by atoms with Crippen LogP contribution in [-0.4, -0.2) is 24.9 Å². The number of hydrogen-bond acceptors (Lipinski definition) is 4. The monoisotopic (exact) mass is 380 g/mol. The van der Waals surface area contributed by atoms with Crippen LogP contribution in [0.25, 0.3) is 21.7 Å². The number of rotatable bonds is 3. The Kier molecular flexibility index (Phi) is 4.05. The van der Waals surface area contributed by atoms with Crippen LogP contribution in [0.15, 0.2) is 42.7 Å². The van der Waals surface area contributed by atoms with Crippen molar-refractivity contribution in [1.82, 2.24) is 9.55 Å². The number of aliphatic hydroxyl groups is 1. The van der Waals surface area contributed by atoms with Crippen LogP contribution in [0, 0.1) is 5.82 Å². The van der Waals surface area contributed by atoms with E-state index in [-0.39, 0.29) is 22.8 Å². The number of fused-ring (bicyclic) bond motifs is 2. The third-order valence-electron chi connectivity index (χ3n) is 5.03. The molecule has 4 aromatic rings. The van der Waals surface area contributed by atoms with E-state index in [4.69, 9.17) is 0 Å². The van der Waals surface area contributed by atoms with E-state index in [1.807, 2.05) is 6.07 Å². The minimum atomic E-state index is -1.23. The zero-order valence-electron chi connectivity index (χ0n) is 15.9. The van der Waals surface area contributed by atoms with Gasteiger partial charge in [0, 0.05) is 35.8 Å². The number of aromatic hydroxyl groups is 2. The van der Waals surface area contributed by atoms with Crippen molar-refractivity contribution in [1.29, 1.82) is 0 Å². The first-order valence-electron chi connectivity index (χ1n) is 8.95. The molecule has 0 aliphatic heterocycles. The predicted molar refractivity (Wildman–Crippen MR) is 106 cm³/mol. The molecule has 0 saturated carbocycles. The maximum absolute atomic E-state index is 13.2. The first-order chi connectivity index (χ1) is 13.2. The fourth-order valence-electron chi connectivity index (χ4n) is 3.78. The van der Waals surface area contributed by atoms with E-state index in [0.29, 0.717) is 28.3 Å². The van der Waals surface area contributed by atoms with E-state index in [9.17, 15) is 19.7 Å². The van der Waals surface area contributed by atoms with Gasteiger partial charge < -0.3 is 19.9 Å². The van der Waals surface area contributed by atoms with Gasteiger partial charge in [-0.3, -0.25) is 4.98 Å². The van der Waals surface area contributed by atoms with Crippen LogP contribution >= 0.6 is 0 Å². The molecule has 2 heterocycles. The lowest BCUT2D eigenvalue weighted by atomic mass is 9.89. The molecule has 0 unspecified atom stereocenters. The number of aromatic nitrogens is 2. The van der Waals surface area contributed by atoms with Crippen LogP contribution in [0.1, 0.15) is 30.5 Å². The zero-order valence-corrected chi connectivity index (χ0v) is 15.9. The van der Waals surface area contributed by atoms with Gasteiger partial charge in [-0.25, -0.2) is 4.39 Å². The molecule has 3 N–H and O–H groups in total. The summed E-state index contributed by atoms with van der Waals surface area (Å²) in [5.74, 6) is -0.498. The molecule has 0 spiro atoms. The Hall–Kier alpha value is -3.12. The van der Waals surface area contributed by atoms with Crippen molar-refractivity contribution >= 4 is 21.7 Å². The van der Waals surface area contributed by atoms with Crippen molar-refractivity contribution in [2.45, 2.75) is 25.9 Å². The molecule has 0 radical (unpaired) electrons. The van der Waals surface area contributed by atoms with E-state index in [1.165, 1.54) is 16.7 Å². The molecule has 0 amide bonds. The summed E-state index contributed by atoms with van der Waals surface area (Å²) in [5, 5.41) is 33.4. The second-order valence-electron chi connectivity index (χ2n) is 7.68. The standard InChI is InChI=1S/C22H21FN2O3/c1-22(2,28)18-15-9-13(8-12-4-6-14(23)7-5-12)10-24-19(15)20(26)17-16(18)11-25(3)21(17)27/h4-7,9-11,26-28H,8H2,1-3H3. The lowest BCUT2D eigenvalue weighted by Crippen LogP contribution is -2.16. The fourth-order valence-corrected chi connectivity index (χ4v) is 3.78. The smallest absolute Gasteiger partial charge is 0.202 e. The fraction of sp³-hybridized carbons (Fsp3) is 0.227. The van der Waals surface area contributed by atoms with Crippen molar-refractivity contribution < 1.29 is 19.7 Å². The highest BCUT2D eigenvalue weighted by Crippen LogP contribution is 2.45. The predicted octanol–water partition coefficient (Wildman–Crippen LogP) is 4.10. The number of pyridine rings is 1. The van der Waals surface area contributed by atoms with Gasteiger partial charge in [0.05, 0.1) is 11.0 Å². The number of nitrogens with zero attached hydrogens (tertiary/aromatic N) is 2. The van der Waals surface area contributed by atoms with Crippen LogP contribution in [0.2, 0.25) is 0 Å². The van der Waals surface area contributed by atoms with Gasteiger partial charge in [-0.1, -0.05) is 12.1 Å². The Morgan fingerprint density at radius 2 is 1.75 bits per heavy atom. The van der Waals surface area contributed by atoms with Gasteiger partial charge in [-0.2, -0.15) is 0 Å². The molecule has 5 nitrogen and oxygen atoms in total. The average Bonchev–Trinajstić information content (AvgIpc) is 2.90. The zero-order chi connectivity index (χ0) is 20.2. The average molecular weight is 380 g/mol. The first-order valence-corrected chi connectivity index (χ1v) is 8.95. The molecule has 0 saturated heterocycles. The van der Waals surface area contributed by atoms with Gasteiger partial charge in [0.15, 0.2) is 5.75 Å². The van der Waals surface area contributed by atoms with Crippen LogP contribution in [0.5, 0.6) is 11.6 Å². The van der Waals surface area contributed by atoms with Gasteiger partial charge in [-0.15, -0.1) is 0 Å². The number of benzene rings is 2. The third-order valence-corrected chi connectivity index (χ3v) is 5.03. The number of halogens is 1. The van der Waals surface area contributed by atoms with E-state index >= 15 is 0 Å². The number of phenolic OH excluding ortho intramolecular Hbond substituents is 1.